The number of unbranched alkanes of at least 4 members (excludes halogenated alkanes) is 1. The van der Waals surface area contributed by atoms with Crippen molar-refractivity contribution in [3.05, 3.63) is 119 Å². The van der Waals surface area contributed by atoms with Crippen LogP contribution < -0.4 is 26.2 Å². The molecule has 0 bridgehead atoms. The number of carbonyl (C=O) groups excluding carboxylic acids is 5. The molecule has 8 rings (SSSR count). The van der Waals surface area contributed by atoms with Crippen molar-refractivity contribution < 1.29 is 24.0 Å². The summed E-state index contributed by atoms with van der Waals surface area (Å²) < 4.78 is 0. The van der Waals surface area contributed by atoms with E-state index in [9.17, 15) is 24.0 Å². The Balaban J connectivity index is 0.781. The van der Waals surface area contributed by atoms with Gasteiger partial charge < -0.3 is 20.4 Å². The fourth-order valence-corrected chi connectivity index (χ4v) is 8.28. The Kier molecular flexibility index (Phi) is 12.0. The van der Waals surface area contributed by atoms with Crippen LogP contribution in [0.15, 0.2) is 103 Å². The van der Waals surface area contributed by atoms with Gasteiger partial charge in [-0.3, -0.25) is 39.5 Å². The highest BCUT2D eigenvalue weighted by Gasteiger charge is 2.38. The first kappa shape index (κ1) is 39.4. The number of hydrogen-bond donors (Lipinski definition) is 4. The standard InChI is InChI=1S/C44H45N9O5S/c54-38(48-34-14-12-33(13-15-34)47-36-16-18-39(55)49-41(36)56)8-4-5-20-51-21-23-52(24-22-51)37-17-11-31(27-46-37)30-9-10-32-28-53(43(58)35(32)26-30)40(29-6-2-1-3-7-29)42(57)50-44-45-19-25-59-44/h1-3,6-7,9-15,17,19,25-27,36,40,47H,4-5,8,16,18,20-24,28H2,(H,48,54)(H,45,50,57)(H,49,55,56). The van der Waals surface area contributed by atoms with Crippen LogP contribution in [0.3, 0.4) is 0 Å². The number of amides is 5. The Hall–Kier alpha value is -6.45. The van der Waals surface area contributed by atoms with E-state index in [1.54, 1.807) is 28.6 Å². The molecule has 5 amide bonds. The number of thiazole rings is 1. The predicted octanol–water partition coefficient (Wildman–Crippen LogP) is 5.69. The van der Waals surface area contributed by atoms with Crippen molar-refractivity contribution in [2.24, 2.45) is 0 Å². The second-order valence-electron chi connectivity index (χ2n) is 14.9. The first-order valence-electron chi connectivity index (χ1n) is 19.9. The quantitative estimate of drug-likeness (QED) is 0.0808. The lowest BCUT2D eigenvalue weighted by Gasteiger charge is -2.35. The molecule has 0 aliphatic carbocycles. The molecule has 3 aromatic carbocycles. The zero-order valence-electron chi connectivity index (χ0n) is 32.4. The van der Waals surface area contributed by atoms with E-state index in [2.05, 4.69) is 36.1 Å². The van der Waals surface area contributed by atoms with E-state index in [-0.39, 0.29) is 29.5 Å². The van der Waals surface area contributed by atoms with Crippen LogP contribution in [0, 0.1) is 0 Å². The first-order chi connectivity index (χ1) is 28.8. The fraction of sp³-hybridized carbons (Fsp3) is 0.295. The van der Waals surface area contributed by atoms with Crippen molar-refractivity contribution >= 4 is 63.2 Å². The number of hydrogen-bond acceptors (Lipinski definition) is 11. The molecule has 302 valence electrons. The number of anilines is 4. The molecule has 2 unspecified atom stereocenters. The normalized spacial score (nSPS) is 17.3. The summed E-state index contributed by atoms with van der Waals surface area (Å²) >= 11 is 1.33. The molecule has 5 heterocycles. The van der Waals surface area contributed by atoms with Gasteiger partial charge in [0.25, 0.3) is 11.8 Å². The predicted molar refractivity (Wildman–Crippen MR) is 227 cm³/mol. The van der Waals surface area contributed by atoms with Crippen LogP contribution in [0.2, 0.25) is 0 Å². The highest BCUT2D eigenvalue weighted by molar-refractivity contribution is 7.13. The van der Waals surface area contributed by atoms with Crippen molar-refractivity contribution in [2.45, 2.75) is 50.7 Å². The van der Waals surface area contributed by atoms with Gasteiger partial charge in [0, 0.05) is 85.8 Å². The van der Waals surface area contributed by atoms with Crippen LogP contribution in [0.4, 0.5) is 22.3 Å². The molecular formula is C44H45N9O5S. The zero-order chi connectivity index (χ0) is 40.7. The third kappa shape index (κ3) is 9.48. The van der Waals surface area contributed by atoms with Gasteiger partial charge in [-0.05, 0) is 85.0 Å². The number of benzene rings is 3. The number of rotatable bonds is 14. The number of imide groups is 1. The monoisotopic (exact) mass is 811 g/mol. The highest BCUT2D eigenvalue weighted by atomic mass is 32.1. The van der Waals surface area contributed by atoms with E-state index in [0.29, 0.717) is 42.2 Å². The van der Waals surface area contributed by atoms with Crippen molar-refractivity contribution in [1.29, 1.82) is 0 Å². The summed E-state index contributed by atoms with van der Waals surface area (Å²) in [6, 6.07) is 25.2. The SMILES string of the molecule is O=C1CCC(Nc2ccc(NC(=O)CCCCN3CCN(c4ccc(-c5ccc6c(c5)C(=O)N(C(C(=O)Nc5nccs5)c5ccccc5)C6)cn4)CC3)cc2)C(=O)N1. The lowest BCUT2D eigenvalue weighted by Crippen LogP contribution is -2.47. The summed E-state index contributed by atoms with van der Waals surface area (Å²) in [6.07, 6.45) is 6.38. The van der Waals surface area contributed by atoms with E-state index in [4.69, 9.17) is 4.98 Å². The maximum absolute atomic E-state index is 13.9. The smallest absolute Gasteiger partial charge is 0.255 e. The third-order valence-corrected chi connectivity index (χ3v) is 11.6. The van der Waals surface area contributed by atoms with Crippen molar-refractivity contribution in [3.8, 4) is 11.1 Å². The summed E-state index contributed by atoms with van der Waals surface area (Å²) in [5.41, 5.74) is 5.42. The number of nitrogens with zero attached hydrogens (tertiary/aromatic N) is 5. The summed E-state index contributed by atoms with van der Waals surface area (Å²) in [5, 5.41) is 13.6. The van der Waals surface area contributed by atoms with Gasteiger partial charge in [-0.2, -0.15) is 0 Å². The Morgan fingerprint density at radius 3 is 2.36 bits per heavy atom. The van der Waals surface area contributed by atoms with Crippen LogP contribution in [0.5, 0.6) is 0 Å². The van der Waals surface area contributed by atoms with Crippen LogP contribution >= 0.6 is 11.3 Å². The number of carbonyl (C=O) groups is 5. The highest BCUT2D eigenvalue weighted by Crippen LogP contribution is 2.35. The average Bonchev–Trinajstić information content (AvgIpc) is 3.89. The summed E-state index contributed by atoms with van der Waals surface area (Å²) in [6.45, 7) is 4.76. The maximum atomic E-state index is 13.9. The van der Waals surface area contributed by atoms with Gasteiger partial charge in [-0.1, -0.05) is 42.5 Å². The minimum Gasteiger partial charge on any atom is -0.374 e. The minimum absolute atomic E-state index is 0.0344. The van der Waals surface area contributed by atoms with E-state index >= 15 is 0 Å². The molecular weight excluding hydrogens is 767 g/mol. The molecule has 14 nitrogen and oxygen atoms in total. The van der Waals surface area contributed by atoms with Gasteiger partial charge in [-0.15, -0.1) is 11.3 Å². The Morgan fingerprint density at radius 2 is 1.63 bits per heavy atom. The Morgan fingerprint density at radius 1 is 0.847 bits per heavy atom. The van der Waals surface area contributed by atoms with Gasteiger partial charge in [-0.25, -0.2) is 9.97 Å². The van der Waals surface area contributed by atoms with E-state index in [0.717, 1.165) is 79.3 Å². The summed E-state index contributed by atoms with van der Waals surface area (Å²) in [7, 11) is 0. The van der Waals surface area contributed by atoms with Crippen molar-refractivity contribution in [2.75, 3.05) is 53.6 Å². The minimum atomic E-state index is -0.813. The van der Waals surface area contributed by atoms with Crippen LogP contribution in [-0.2, 0) is 25.7 Å². The van der Waals surface area contributed by atoms with E-state index in [1.807, 2.05) is 79.0 Å². The number of piperazine rings is 1. The van der Waals surface area contributed by atoms with Crippen molar-refractivity contribution in [1.82, 2.24) is 25.1 Å². The largest absolute Gasteiger partial charge is 0.374 e. The van der Waals surface area contributed by atoms with Crippen LogP contribution in [-0.4, -0.2) is 88.1 Å². The van der Waals surface area contributed by atoms with Gasteiger partial charge in [0.05, 0.1) is 0 Å². The van der Waals surface area contributed by atoms with Gasteiger partial charge in [0.2, 0.25) is 17.7 Å². The van der Waals surface area contributed by atoms with Crippen LogP contribution in [0.25, 0.3) is 11.1 Å². The molecule has 3 aliphatic heterocycles. The number of nitrogens with one attached hydrogen (secondary N) is 4. The van der Waals surface area contributed by atoms with Gasteiger partial charge in [0.1, 0.15) is 17.9 Å². The molecule has 15 heteroatoms. The topological polar surface area (TPSA) is 169 Å². The Bertz CT molecular complexity index is 2300. The number of aromatic nitrogens is 2. The molecule has 2 atom stereocenters. The molecule has 59 heavy (non-hydrogen) atoms. The van der Waals surface area contributed by atoms with E-state index < -0.39 is 12.1 Å². The first-order valence-corrected chi connectivity index (χ1v) is 20.8. The van der Waals surface area contributed by atoms with E-state index in [1.165, 1.54) is 11.3 Å². The lowest BCUT2D eigenvalue weighted by molar-refractivity contribution is -0.133. The molecule has 2 saturated heterocycles. The fourth-order valence-electron chi connectivity index (χ4n) is 7.75. The molecule has 4 N–H and O–H groups in total. The maximum Gasteiger partial charge on any atom is 0.255 e. The second-order valence-corrected chi connectivity index (χ2v) is 15.8. The summed E-state index contributed by atoms with van der Waals surface area (Å²) in [5.74, 6) is -0.200. The molecule has 2 fully saturated rings. The zero-order valence-corrected chi connectivity index (χ0v) is 33.2. The molecule has 3 aliphatic rings. The molecule has 0 radical (unpaired) electrons. The molecule has 5 aromatic rings. The third-order valence-electron chi connectivity index (χ3n) is 10.9. The number of fused-ring (bicyclic) bond motifs is 1. The number of pyridine rings is 1. The summed E-state index contributed by atoms with van der Waals surface area (Å²) in [4.78, 5) is 78.8. The van der Waals surface area contributed by atoms with Gasteiger partial charge in [0.15, 0.2) is 5.13 Å². The second kappa shape index (κ2) is 18.0. The lowest BCUT2D eigenvalue weighted by atomic mass is 10.0. The van der Waals surface area contributed by atoms with Crippen LogP contribution in [0.1, 0.15) is 59.6 Å². The molecule has 0 spiro atoms. The number of piperidine rings is 1. The molecule has 2 aromatic heterocycles. The average molecular weight is 812 g/mol. The van der Waals surface area contributed by atoms with Crippen molar-refractivity contribution in [3.63, 3.8) is 0 Å². The van der Waals surface area contributed by atoms with Gasteiger partial charge >= 0.3 is 0 Å². The Labute approximate surface area is 346 Å². The molecule has 0 saturated carbocycles.